The number of fused-ring (bicyclic) bond motifs is 1. The highest BCUT2D eigenvalue weighted by Gasteiger charge is 2.21. The maximum atomic E-state index is 13.2. The minimum Gasteiger partial charge on any atom is -0.491 e. The predicted octanol–water partition coefficient (Wildman–Crippen LogP) is 4.72. The summed E-state index contributed by atoms with van der Waals surface area (Å²) >= 11 is 0. The zero-order valence-electron chi connectivity index (χ0n) is 16.3. The van der Waals surface area contributed by atoms with Gasteiger partial charge in [-0.25, -0.2) is 8.78 Å². The molecular formula is C24H21F2NO3. The van der Waals surface area contributed by atoms with E-state index in [1.54, 1.807) is 17.0 Å². The smallest absolute Gasteiger partial charge is 0.254 e. The molecule has 0 aromatic heterocycles. The molecule has 4 rings (SSSR count). The van der Waals surface area contributed by atoms with Gasteiger partial charge in [-0.15, -0.1) is 0 Å². The fourth-order valence-corrected chi connectivity index (χ4v) is 3.35. The number of hydrogen-bond acceptors (Lipinski definition) is 3. The molecule has 3 aromatic rings. The van der Waals surface area contributed by atoms with Gasteiger partial charge in [-0.05, 0) is 59.7 Å². The van der Waals surface area contributed by atoms with E-state index in [4.69, 9.17) is 9.47 Å². The van der Waals surface area contributed by atoms with Crippen LogP contribution < -0.4 is 4.74 Å². The lowest BCUT2D eigenvalue weighted by Gasteiger charge is -2.20. The van der Waals surface area contributed by atoms with E-state index in [1.807, 2.05) is 18.2 Å². The molecule has 0 unspecified atom stereocenters. The summed E-state index contributed by atoms with van der Waals surface area (Å²) in [4.78, 5) is 14.5. The zero-order valence-corrected chi connectivity index (χ0v) is 16.3. The topological polar surface area (TPSA) is 38.8 Å². The molecular weight excluding hydrogens is 388 g/mol. The van der Waals surface area contributed by atoms with Gasteiger partial charge in [-0.3, -0.25) is 4.79 Å². The van der Waals surface area contributed by atoms with E-state index in [-0.39, 0.29) is 17.5 Å². The van der Waals surface area contributed by atoms with Crippen LogP contribution in [-0.2, 0) is 24.5 Å². The van der Waals surface area contributed by atoms with Gasteiger partial charge in [-0.2, -0.15) is 0 Å². The molecule has 154 valence electrons. The van der Waals surface area contributed by atoms with E-state index in [9.17, 15) is 13.6 Å². The number of ether oxygens (including phenoxy) is 2. The average Bonchev–Trinajstić information content (AvgIpc) is 2.97. The number of nitrogens with zero attached hydrogens (tertiary/aromatic N) is 1. The van der Waals surface area contributed by atoms with Gasteiger partial charge in [0.1, 0.15) is 24.0 Å². The number of benzene rings is 3. The van der Waals surface area contributed by atoms with Crippen molar-refractivity contribution in [3.63, 3.8) is 0 Å². The van der Waals surface area contributed by atoms with Crippen molar-refractivity contribution >= 4 is 5.91 Å². The van der Waals surface area contributed by atoms with Crippen LogP contribution in [0.5, 0.6) is 5.75 Å². The minimum absolute atomic E-state index is 0.163. The Bertz CT molecular complexity index is 1020. The Morgan fingerprint density at radius 2 is 1.53 bits per heavy atom. The molecule has 1 heterocycles. The second-order valence-electron chi connectivity index (χ2n) is 7.14. The molecule has 30 heavy (non-hydrogen) atoms. The fourth-order valence-electron chi connectivity index (χ4n) is 3.35. The number of amides is 1. The Labute approximate surface area is 173 Å². The highest BCUT2D eigenvalue weighted by atomic mass is 19.1. The van der Waals surface area contributed by atoms with E-state index in [0.29, 0.717) is 38.5 Å². The van der Waals surface area contributed by atoms with Gasteiger partial charge < -0.3 is 14.4 Å². The lowest BCUT2D eigenvalue weighted by molar-refractivity contribution is 0.0733. The van der Waals surface area contributed by atoms with Gasteiger partial charge in [0.15, 0.2) is 0 Å². The third-order valence-electron chi connectivity index (χ3n) is 4.93. The number of carbonyl (C=O) groups excluding carboxylic acids is 1. The second-order valence-corrected chi connectivity index (χ2v) is 7.14. The maximum absolute atomic E-state index is 13.2. The van der Waals surface area contributed by atoms with Gasteiger partial charge >= 0.3 is 0 Å². The van der Waals surface area contributed by atoms with E-state index in [2.05, 4.69) is 0 Å². The van der Waals surface area contributed by atoms with Crippen LogP contribution >= 0.6 is 0 Å². The van der Waals surface area contributed by atoms with Crippen molar-refractivity contribution < 1.29 is 23.0 Å². The first-order valence-electron chi connectivity index (χ1n) is 9.70. The molecule has 6 heteroatoms. The van der Waals surface area contributed by atoms with Crippen molar-refractivity contribution in [3.8, 4) is 5.75 Å². The molecule has 0 fully saturated rings. The molecule has 3 aromatic carbocycles. The molecule has 1 amide bonds. The van der Waals surface area contributed by atoms with E-state index in [0.717, 1.165) is 22.4 Å². The van der Waals surface area contributed by atoms with Crippen molar-refractivity contribution in [2.24, 2.45) is 0 Å². The van der Waals surface area contributed by atoms with Crippen LogP contribution in [0.25, 0.3) is 0 Å². The van der Waals surface area contributed by atoms with E-state index >= 15 is 0 Å². The summed E-state index contributed by atoms with van der Waals surface area (Å²) in [6, 6.07) is 17.5. The van der Waals surface area contributed by atoms with Gasteiger partial charge in [0.05, 0.1) is 19.8 Å². The molecule has 0 bridgehead atoms. The van der Waals surface area contributed by atoms with Crippen molar-refractivity contribution in [1.82, 2.24) is 4.90 Å². The number of rotatable bonds is 5. The number of halogens is 2. The van der Waals surface area contributed by atoms with Gasteiger partial charge in [0, 0.05) is 17.7 Å². The molecule has 0 N–H and O–H groups in total. The van der Waals surface area contributed by atoms with Crippen LogP contribution in [0.15, 0.2) is 66.7 Å². The lowest BCUT2D eigenvalue weighted by Crippen LogP contribution is -2.32. The summed E-state index contributed by atoms with van der Waals surface area (Å²) in [5.74, 6) is -0.0679. The summed E-state index contributed by atoms with van der Waals surface area (Å²) in [6.07, 6.45) is 0. The largest absolute Gasteiger partial charge is 0.491 e. The molecule has 1 aliphatic heterocycles. The zero-order chi connectivity index (χ0) is 20.9. The molecule has 0 spiro atoms. The Morgan fingerprint density at radius 1 is 0.900 bits per heavy atom. The van der Waals surface area contributed by atoms with Crippen LogP contribution in [0.2, 0.25) is 0 Å². The first-order chi connectivity index (χ1) is 14.6. The highest BCUT2D eigenvalue weighted by Crippen LogP contribution is 2.26. The predicted molar refractivity (Wildman–Crippen MR) is 108 cm³/mol. The molecule has 0 aliphatic carbocycles. The maximum Gasteiger partial charge on any atom is 0.254 e. The van der Waals surface area contributed by atoms with Crippen LogP contribution in [0.1, 0.15) is 27.0 Å². The Kier molecular flexibility index (Phi) is 6.05. The average molecular weight is 409 g/mol. The molecule has 0 saturated carbocycles. The lowest BCUT2D eigenvalue weighted by atomic mass is 10.1. The summed E-state index contributed by atoms with van der Waals surface area (Å²) in [5, 5.41) is 0. The molecule has 0 saturated heterocycles. The Hall–Kier alpha value is -3.25. The van der Waals surface area contributed by atoms with E-state index in [1.165, 1.54) is 36.4 Å². The van der Waals surface area contributed by atoms with Crippen LogP contribution in [0.4, 0.5) is 8.78 Å². The summed E-state index contributed by atoms with van der Waals surface area (Å²) in [7, 11) is 0. The standard InChI is InChI=1S/C24H21F2NO3/c25-21-6-1-17(2-7-21)15-29-16-18-3-10-23-20(13-18)14-27(11-12-30-23)24(28)19-4-8-22(26)9-5-19/h1-10,13H,11-12,14-16H2. The van der Waals surface area contributed by atoms with Crippen molar-refractivity contribution in [1.29, 1.82) is 0 Å². The van der Waals surface area contributed by atoms with Crippen molar-refractivity contribution in [2.75, 3.05) is 13.2 Å². The molecule has 0 radical (unpaired) electrons. The van der Waals surface area contributed by atoms with Gasteiger partial charge in [0.2, 0.25) is 0 Å². The SMILES string of the molecule is O=C(c1ccc(F)cc1)N1CCOc2ccc(COCc3ccc(F)cc3)cc2C1. The third kappa shape index (κ3) is 4.83. The fraction of sp³-hybridized carbons (Fsp3) is 0.208. The summed E-state index contributed by atoms with van der Waals surface area (Å²) < 4.78 is 37.7. The van der Waals surface area contributed by atoms with Gasteiger partial charge in [-0.1, -0.05) is 18.2 Å². The molecule has 4 nitrogen and oxygen atoms in total. The monoisotopic (exact) mass is 409 g/mol. The first kappa shape index (κ1) is 20.0. The third-order valence-corrected chi connectivity index (χ3v) is 4.93. The van der Waals surface area contributed by atoms with E-state index < -0.39 is 0 Å². The minimum atomic E-state index is -0.374. The first-order valence-corrected chi connectivity index (χ1v) is 9.70. The normalized spacial score (nSPS) is 13.3. The summed E-state index contributed by atoms with van der Waals surface area (Å²) in [5.41, 5.74) is 3.19. The second kappa shape index (κ2) is 9.05. The highest BCUT2D eigenvalue weighted by molar-refractivity contribution is 5.94. The Morgan fingerprint density at radius 3 is 2.27 bits per heavy atom. The summed E-state index contributed by atoms with van der Waals surface area (Å²) in [6.45, 7) is 2.00. The molecule has 1 aliphatic rings. The number of carbonyl (C=O) groups is 1. The van der Waals surface area contributed by atoms with Crippen LogP contribution in [-0.4, -0.2) is 24.0 Å². The van der Waals surface area contributed by atoms with Gasteiger partial charge in [0.25, 0.3) is 5.91 Å². The van der Waals surface area contributed by atoms with Crippen LogP contribution in [0, 0.1) is 11.6 Å². The van der Waals surface area contributed by atoms with Crippen molar-refractivity contribution in [3.05, 3.63) is 101 Å². The van der Waals surface area contributed by atoms with Crippen LogP contribution in [0.3, 0.4) is 0 Å². The quantitative estimate of drug-likeness (QED) is 0.612. The Balaban J connectivity index is 1.42. The number of hydrogen-bond donors (Lipinski definition) is 0. The molecule has 0 atom stereocenters. The van der Waals surface area contributed by atoms with Crippen molar-refractivity contribution in [2.45, 2.75) is 19.8 Å².